The second kappa shape index (κ2) is 9.13. The third-order valence-electron chi connectivity index (χ3n) is 4.74. The number of nitrogens with zero attached hydrogens (tertiary/aromatic N) is 1. The molecule has 0 bridgehead atoms. The molecule has 0 aliphatic heterocycles. The number of oxazole rings is 1. The fraction of sp³-hybridized carbons (Fsp3) is 0.227. The highest BCUT2D eigenvalue weighted by Gasteiger charge is 2.32. The van der Waals surface area contributed by atoms with Crippen LogP contribution in [0.15, 0.2) is 63.9 Å². The van der Waals surface area contributed by atoms with E-state index in [0.29, 0.717) is 23.1 Å². The summed E-state index contributed by atoms with van der Waals surface area (Å²) in [6.45, 7) is 3.43. The normalized spacial score (nSPS) is 12.3. The van der Waals surface area contributed by atoms with Crippen molar-refractivity contribution in [1.82, 2.24) is 4.98 Å². The molecule has 1 aromatic heterocycles. The molecule has 1 heterocycles. The van der Waals surface area contributed by atoms with Gasteiger partial charge in [-0.2, -0.15) is 0 Å². The van der Waals surface area contributed by atoms with E-state index >= 15 is 0 Å². The highest BCUT2D eigenvalue weighted by atomic mass is 32.2. The molecular formula is C22H22N2O6S. The van der Waals surface area contributed by atoms with Crippen molar-refractivity contribution in [2.24, 2.45) is 5.92 Å². The molecule has 162 valence electrons. The second-order valence-corrected chi connectivity index (χ2v) is 8.73. The van der Waals surface area contributed by atoms with Crippen LogP contribution in [-0.4, -0.2) is 29.5 Å². The zero-order valence-corrected chi connectivity index (χ0v) is 17.8. The van der Waals surface area contributed by atoms with Crippen molar-refractivity contribution >= 4 is 20.9 Å². The molecule has 2 aromatic carbocycles. The molecule has 0 aliphatic rings. The van der Waals surface area contributed by atoms with E-state index in [4.69, 9.17) is 19.7 Å². The number of rotatable bonds is 8. The predicted molar refractivity (Wildman–Crippen MR) is 114 cm³/mol. The number of sulfone groups is 1. The molecule has 0 unspecified atom stereocenters. The Hall–Kier alpha value is -3.46. The van der Waals surface area contributed by atoms with Gasteiger partial charge in [-0.3, -0.25) is 10.2 Å². The quantitative estimate of drug-likeness (QED) is 0.397. The first-order chi connectivity index (χ1) is 14.7. The summed E-state index contributed by atoms with van der Waals surface area (Å²) in [5, 5.41) is 16.1. The van der Waals surface area contributed by atoms with E-state index in [1.165, 1.54) is 31.2 Å². The largest absolute Gasteiger partial charge is 0.487 e. The van der Waals surface area contributed by atoms with Gasteiger partial charge in [-0.1, -0.05) is 25.1 Å². The molecule has 2 N–H and O–H groups in total. The molecule has 0 spiro atoms. The number of aliphatic carboxylic acids is 1. The summed E-state index contributed by atoms with van der Waals surface area (Å²) in [4.78, 5) is 15.5. The molecule has 0 fully saturated rings. The zero-order valence-electron chi connectivity index (χ0n) is 17.0. The smallest absolute Gasteiger partial charge is 0.313 e. The lowest BCUT2D eigenvalue weighted by molar-refractivity contribution is -0.139. The van der Waals surface area contributed by atoms with Gasteiger partial charge >= 0.3 is 5.97 Å². The van der Waals surface area contributed by atoms with Crippen LogP contribution < -0.4 is 4.74 Å². The van der Waals surface area contributed by atoms with Crippen molar-refractivity contribution in [2.75, 3.05) is 0 Å². The SMILES string of the molecule is CC[C@@H](C(=N)S(=O)(=O)c1ccc(OCc2nc(-c3ccccc3)oc2C)cc1)C(=O)O. The van der Waals surface area contributed by atoms with E-state index in [-0.39, 0.29) is 17.9 Å². The Bertz CT molecular complexity index is 1180. The summed E-state index contributed by atoms with van der Waals surface area (Å²) in [5.74, 6) is -1.21. The Kier molecular flexibility index (Phi) is 6.55. The van der Waals surface area contributed by atoms with Crippen molar-refractivity contribution in [3.05, 3.63) is 66.1 Å². The maximum absolute atomic E-state index is 12.6. The number of carbonyl (C=O) groups is 1. The lowest BCUT2D eigenvalue weighted by Gasteiger charge is -2.12. The summed E-state index contributed by atoms with van der Waals surface area (Å²) in [6.07, 6.45) is 0.0105. The minimum Gasteiger partial charge on any atom is -0.487 e. The molecule has 31 heavy (non-hydrogen) atoms. The monoisotopic (exact) mass is 442 g/mol. The van der Waals surface area contributed by atoms with Gasteiger partial charge in [0.1, 0.15) is 34.8 Å². The molecule has 1 atom stereocenters. The number of carboxylic acids is 1. The molecule has 8 nitrogen and oxygen atoms in total. The Morgan fingerprint density at radius 3 is 2.39 bits per heavy atom. The Balaban J connectivity index is 1.71. The van der Waals surface area contributed by atoms with Gasteiger partial charge in [-0.15, -0.1) is 0 Å². The minimum atomic E-state index is -4.19. The third kappa shape index (κ3) is 4.83. The van der Waals surface area contributed by atoms with Crippen molar-refractivity contribution in [2.45, 2.75) is 31.8 Å². The van der Waals surface area contributed by atoms with Crippen molar-refractivity contribution in [1.29, 1.82) is 5.41 Å². The first kappa shape index (κ1) is 22.2. The van der Waals surface area contributed by atoms with Crippen LogP contribution in [0.2, 0.25) is 0 Å². The number of benzene rings is 2. The second-order valence-electron chi connectivity index (χ2n) is 6.81. The molecule has 0 saturated heterocycles. The van der Waals surface area contributed by atoms with Crippen molar-refractivity contribution < 1.29 is 27.5 Å². The van der Waals surface area contributed by atoms with E-state index in [1.54, 1.807) is 6.92 Å². The first-order valence-electron chi connectivity index (χ1n) is 9.55. The molecule has 0 aliphatic carbocycles. The number of aryl methyl sites for hydroxylation is 1. The van der Waals surface area contributed by atoms with Gasteiger partial charge in [0.05, 0.1) is 4.90 Å². The van der Waals surface area contributed by atoms with Crippen LogP contribution in [0, 0.1) is 18.3 Å². The number of aromatic nitrogens is 1. The lowest BCUT2D eigenvalue weighted by atomic mass is 10.1. The maximum Gasteiger partial charge on any atom is 0.313 e. The number of carboxylic acid groups (broad SMARTS) is 1. The van der Waals surface area contributed by atoms with E-state index in [9.17, 15) is 13.2 Å². The van der Waals surface area contributed by atoms with Crippen LogP contribution in [0.1, 0.15) is 24.8 Å². The molecule has 3 rings (SSSR count). The number of hydrogen-bond donors (Lipinski definition) is 2. The fourth-order valence-electron chi connectivity index (χ4n) is 2.92. The van der Waals surface area contributed by atoms with Crippen molar-refractivity contribution in [3.63, 3.8) is 0 Å². The third-order valence-corrected chi connectivity index (χ3v) is 6.49. The maximum atomic E-state index is 12.6. The van der Waals surface area contributed by atoms with Crippen LogP contribution in [0.4, 0.5) is 0 Å². The topological polar surface area (TPSA) is 131 Å². The summed E-state index contributed by atoms with van der Waals surface area (Å²) < 4.78 is 36.5. The highest BCUT2D eigenvalue weighted by molar-refractivity contribution is 8.06. The minimum absolute atomic E-state index is 0.0105. The molecule has 0 saturated carbocycles. The van der Waals surface area contributed by atoms with Crippen LogP contribution in [0.3, 0.4) is 0 Å². The number of nitrogens with one attached hydrogen (secondary N) is 1. The Morgan fingerprint density at radius 2 is 1.81 bits per heavy atom. The lowest BCUT2D eigenvalue weighted by Crippen LogP contribution is -2.29. The number of ether oxygens (including phenoxy) is 1. The van der Waals surface area contributed by atoms with Gasteiger partial charge < -0.3 is 14.3 Å². The van der Waals surface area contributed by atoms with Crippen LogP contribution in [0.5, 0.6) is 5.75 Å². The van der Waals surface area contributed by atoms with Crippen LogP contribution >= 0.6 is 0 Å². The zero-order chi connectivity index (χ0) is 22.6. The highest BCUT2D eigenvalue weighted by Crippen LogP contribution is 2.24. The fourth-order valence-corrected chi connectivity index (χ4v) is 4.31. The Morgan fingerprint density at radius 1 is 1.16 bits per heavy atom. The van der Waals surface area contributed by atoms with E-state index in [0.717, 1.165) is 5.56 Å². The van der Waals surface area contributed by atoms with Gasteiger partial charge in [-0.05, 0) is 49.7 Å². The molecular weight excluding hydrogens is 420 g/mol. The molecule has 0 amide bonds. The first-order valence-corrected chi connectivity index (χ1v) is 11.0. The van der Waals surface area contributed by atoms with Crippen molar-refractivity contribution in [3.8, 4) is 17.2 Å². The van der Waals surface area contributed by atoms with Gasteiger partial charge in [0.25, 0.3) is 0 Å². The van der Waals surface area contributed by atoms with Crippen LogP contribution in [0.25, 0.3) is 11.5 Å². The van der Waals surface area contributed by atoms with E-state index in [2.05, 4.69) is 4.98 Å². The summed E-state index contributed by atoms with van der Waals surface area (Å²) >= 11 is 0. The number of hydrogen-bond acceptors (Lipinski definition) is 7. The van der Waals surface area contributed by atoms with Gasteiger partial charge in [-0.25, -0.2) is 13.4 Å². The molecule has 9 heteroatoms. The summed E-state index contributed by atoms with van der Waals surface area (Å²) in [5.41, 5.74) is 1.46. The van der Waals surface area contributed by atoms with Gasteiger partial charge in [0.2, 0.25) is 15.7 Å². The van der Waals surface area contributed by atoms with Gasteiger partial charge in [0.15, 0.2) is 0 Å². The summed E-state index contributed by atoms with van der Waals surface area (Å²) in [7, 11) is -4.19. The molecule has 0 radical (unpaired) electrons. The van der Waals surface area contributed by atoms with Gasteiger partial charge in [0, 0.05) is 5.56 Å². The summed E-state index contributed by atoms with van der Waals surface area (Å²) in [6, 6.07) is 14.9. The van der Waals surface area contributed by atoms with E-state index < -0.39 is 26.8 Å². The predicted octanol–water partition coefficient (Wildman–Crippen LogP) is 4.09. The average molecular weight is 442 g/mol. The standard InChI is InChI=1S/C22H22N2O6S/c1-3-18(22(25)26)20(23)31(27,28)17-11-9-16(10-12-17)29-13-19-14(2)30-21(24-19)15-7-5-4-6-8-15/h4-12,18,23H,3,13H2,1-2H3,(H,25,26)/t18-/m0/s1. The Labute approximate surface area is 179 Å². The molecule has 3 aromatic rings. The van der Waals surface area contributed by atoms with Crippen LogP contribution in [-0.2, 0) is 21.2 Å². The van der Waals surface area contributed by atoms with E-state index in [1.807, 2.05) is 30.3 Å². The average Bonchev–Trinajstić information content (AvgIpc) is 3.14.